The van der Waals surface area contributed by atoms with Gasteiger partial charge in [-0.1, -0.05) is 13.8 Å². The van der Waals surface area contributed by atoms with Crippen LogP contribution in [-0.2, 0) is 9.53 Å². The van der Waals surface area contributed by atoms with Crippen molar-refractivity contribution in [3.05, 3.63) is 23.3 Å². The van der Waals surface area contributed by atoms with Crippen LogP contribution in [0.5, 0.6) is 5.75 Å². The van der Waals surface area contributed by atoms with Crippen LogP contribution in [0.2, 0.25) is 0 Å². The van der Waals surface area contributed by atoms with E-state index in [0.29, 0.717) is 13.2 Å². The maximum absolute atomic E-state index is 11.7. The van der Waals surface area contributed by atoms with Gasteiger partial charge in [-0.2, -0.15) is 0 Å². The van der Waals surface area contributed by atoms with Crippen molar-refractivity contribution in [1.82, 2.24) is 5.32 Å². The third-order valence-corrected chi connectivity index (χ3v) is 3.23. The van der Waals surface area contributed by atoms with Crippen LogP contribution in [0.4, 0.5) is 5.69 Å². The number of rotatable bonds is 8. The molecule has 0 spiro atoms. The number of anilines is 1. The first-order valence-corrected chi connectivity index (χ1v) is 7.24. The summed E-state index contributed by atoms with van der Waals surface area (Å²) in [4.78, 5) is 11.7. The molecule has 0 saturated heterocycles. The molecule has 118 valence electrons. The second-order valence-electron chi connectivity index (χ2n) is 5.39. The summed E-state index contributed by atoms with van der Waals surface area (Å²) in [6.07, 6.45) is 0.792. The summed E-state index contributed by atoms with van der Waals surface area (Å²) in [6.45, 7) is 7.31. The standard InChI is InChI=1S/C16H26N2O3/c1-11(2)13-9-14(17)12(3)8-15(13)21-10-16(19)18-6-5-7-20-4/h8-9,11H,5-7,10,17H2,1-4H3,(H,18,19). The van der Waals surface area contributed by atoms with Crippen LogP contribution in [0.1, 0.15) is 37.3 Å². The molecule has 3 N–H and O–H groups in total. The van der Waals surface area contributed by atoms with E-state index in [1.165, 1.54) is 0 Å². The van der Waals surface area contributed by atoms with E-state index < -0.39 is 0 Å². The second kappa shape index (κ2) is 8.52. The van der Waals surface area contributed by atoms with Crippen LogP contribution in [0.25, 0.3) is 0 Å². The zero-order chi connectivity index (χ0) is 15.8. The molecule has 0 fully saturated rings. The molecule has 0 aliphatic heterocycles. The topological polar surface area (TPSA) is 73.6 Å². The number of nitrogens with one attached hydrogen (secondary N) is 1. The summed E-state index contributed by atoms with van der Waals surface area (Å²) < 4.78 is 10.6. The molecule has 1 rings (SSSR count). The summed E-state index contributed by atoms with van der Waals surface area (Å²) in [7, 11) is 1.64. The molecule has 0 saturated carbocycles. The predicted molar refractivity (Wildman–Crippen MR) is 84.7 cm³/mol. The SMILES string of the molecule is COCCCNC(=O)COc1cc(C)c(N)cc1C(C)C. The summed E-state index contributed by atoms with van der Waals surface area (Å²) in [5.74, 6) is 0.881. The van der Waals surface area contributed by atoms with E-state index in [-0.39, 0.29) is 18.4 Å². The fourth-order valence-corrected chi connectivity index (χ4v) is 1.93. The Hall–Kier alpha value is -1.75. The number of aryl methyl sites for hydroxylation is 1. The zero-order valence-electron chi connectivity index (χ0n) is 13.4. The highest BCUT2D eigenvalue weighted by Crippen LogP contribution is 2.30. The fourth-order valence-electron chi connectivity index (χ4n) is 1.93. The lowest BCUT2D eigenvalue weighted by atomic mass is 9.99. The quantitative estimate of drug-likeness (QED) is 0.569. The first-order valence-electron chi connectivity index (χ1n) is 7.24. The molecule has 0 aliphatic carbocycles. The Morgan fingerprint density at radius 3 is 2.71 bits per heavy atom. The number of nitrogen functional groups attached to an aromatic ring is 1. The molecule has 1 aromatic rings. The van der Waals surface area contributed by atoms with Gasteiger partial charge in [0.25, 0.3) is 5.91 Å². The van der Waals surface area contributed by atoms with Crippen molar-refractivity contribution in [2.45, 2.75) is 33.1 Å². The van der Waals surface area contributed by atoms with Gasteiger partial charge in [-0.15, -0.1) is 0 Å². The normalized spacial score (nSPS) is 10.7. The van der Waals surface area contributed by atoms with Crippen molar-refractivity contribution in [2.24, 2.45) is 0 Å². The third kappa shape index (κ3) is 5.63. The van der Waals surface area contributed by atoms with E-state index in [0.717, 1.165) is 29.0 Å². The maximum atomic E-state index is 11.7. The van der Waals surface area contributed by atoms with Gasteiger partial charge in [0.1, 0.15) is 5.75 Å². The molecule has 1 amide bonds. The number of carbonyl (C=O) groups excluding carboxylic acids is 1. The largest absolute Gasteiger partial charge is 0.483 e. The smallest absolute Gasteiger partial charge is 0.257 e. The summed E-state index contributed by atoms with van der Waals surface area (Å²) in [5, 5.41) is 2.79. The van der Waals surface area contributed by atoms with Crippen LogP contribution in [0, 0.1) is 6.92 Å². The number of methoxy groups -OCH3 is 1. The molecule has 5 heteroatoms. The number of hydrogen-bond donors (Lipinski definition) is 2. The average molecular weight is 294 g/mol. The lowest BCUT2D eigenvalue weighted by molar-refractivity contribution is -0.123. The monoisotopic (exact) mass is 294 g/mol. The van der Waals surface area contributed by atoms with Crippen LogP contribution in [0.15, 0.2) is 12.1 Å². The minimum absolute atomic E-state index is 0.00998. The summed E-state index contributed by atoms with van der Waals surface area (Å²) in [6, 6.07) is 3.81. The van der Waals surface area contributed by atoms with Gasteiger partial charge in [0.15, 0.2) is 6.61 Å². The molecule has 0 atom stereocenters. The molecular formula is C16H26N2O3. The lowest BCUT2D eigenvalue weighted by Gasteiger charge is -2.16. The van der Waals surface area contributed by atoms with Crippen LogP contribution in [-0.4, -0.2) is 32.8 Å². The Labute approximate surface area is 126 Å². The molecule has 0 unspecified atom stereocenters. The molecule has 0 bridgehead atoms. The van der Waals surface area contributed by atoms with Crippen molar-refractivity contribution in [3.63, 3.8) is 0 Å². The van der Waals surface area contributed by atoms with E-state index in [1.807, 2.05) is 19.1 Å². The number of hydrogen-bond acceptors (Lipinski definition) is 4. The van der Waals surface area contributed by atoms with Crippen LogP contribution >= 0.6 is 0 Å². The van der Waals surface area contributed by atoms with Crippen molar-refractivity contribution in [2.75, 3.05) is 32.6 Å². The van der Waals surface area contributed by atoms with Gasteiger partial charge in [-0.3, -0.25) is 4.79 Å². The minimum Gasteiger partial charge on any atom is -0.483 e. The highest BCUT2D eigenvalue weighted by Gasteiger charge is 2.12. The van der Waals surface area contributed by atoms with Crippen molar-refractivity contribution in [1.29, 1.82) is 0 Å². The van der Waals surface area contributed by atoms with Crippen molar-refractivity contribution >= 4 is 11.6 Å². The van der Waals surface area contributed by atoms with Gasteiger partial charge in [0.2, 0.25) is 0 Å². The molecule has 0 aliphatic rings. The first-order chi connectivity index (χ1) is 9.95. The molecule has 0 radical (unpaired) electrons. The lowest BCUT2D eigenvalue weighted by Crippen LogP contribution is -2.30. The van der Waals surface area contributed by atoms with Crippen LogP contribution < -0.4 is 15.8 Å². The molecular weight excluding hydrogens is 268 g/mol. The van der Waals surface area contributed by atoms with Gasteiger partial charge in [-0.25, -0.2) is 0 Å². The van der Waals surface area contributed by atoms with Gasteiger partial charge in [0.05, 0.1) is 0 Å². The average Bonchev–Trinajstić information content (AvgIpc) is 2.44. The highest BCUT2D eigenvalue weighted by molar-refractivity contribution is 5.77. The van der Waals surface area contributed by atoms with Crippen molar-refractivity contribution in [3.8, 4) is 5.75 Å². The van der Waals surface area contributed by atoms with Crippen molar-refractivity contribution < 1.29 is 14.3 Å². The second-order valence-corrected chi connectivity index (χ2v) is 5.39. The Bertz CT molecular complexity index is 473. The number of carbonyl (C=O) groups is 1. The van der Waals surface area contributed by atoms with E-state index in [9.17, 15) is 4.79 Å². The predicted octanol–water partition coefficient (Wildman–Crippen LogP) is 2.23. The highest BCUT2D eigenvalue weighted by atomic mass is 16.5. The van der Waals surface area contributed by atoms with E-state index in [2.05, 4.69) is 19.2 Å². The Morgan fingerprint density at radius 1 is 1.38 bits per heavy atom. The Morgan fingerprint density at radius 2 is 2.10 bits per heavy atom. The summed E-state index contributed by atoms with van der Waals surface area (Å²) in [5.41, 5.74) is 8.65. The molecule has 21 heavy (non-hydrogen) atoms. The number of ether oxygens (including phenoxy) is 2. The number of nitrogens with two attached hydrogens (primary N) is 1. The number of benzene rings is 1. The van der Waals surface area contributed by atoms with Gasteiger partial charge >= 0.3 is 0 Å². The van der Waals surface area contributed by atoms with E-state index >= 15 is 0 Å². The molecule has 1 aromatic carbocycles. The van der Waals surface area contributed by atoms with Gasteiger partial charge in [-0.05, 0) is 42.5 Å². The Kier molecular flexibility index (Phi) is 7.02. The first kappa shape index (κ1) is 17.3. The van der Waals surface area contributed by atoms with Gasteiger partial charge < -0.3 is 20.5 Å². The molecule has 5 nitrogen and oxygen atoms in total. The molecule has 0 aromatic heterocycles. The zero-order valence-corrected chi connectivity index (χ0v) is 13.4. The van der Waals surface area contributed by atoms with Gasteiger partial charge in [0, 0.05) is 25.9 Å². The van der Waals surface area contributed by atoms with E-state index in [4.69, 9.17) is 15.2 Å². The van der Waals surface area contributed by atoms with Crippen LogP contribution in [0.3, 0.4) is 0 Å². The maximum Gasteiger partial charge on any atom is 0.257 e. The molecule has 0 heterocycles. The third-order valence-electron chi connectivity index (χ3n) is 3.23. The fraction of sp³-hybridized carbons (Fsp3) is 0.562. The summed E-state index contributed by atoms with van der Waals surface area (Å²) >= 11 is 0. The number of amides is 1. The minimum atomic E-state index is -0.129. The Balaban J connectivity index is 2.58. The van der Waals surface area contributed by atoms with E-state index in [1.54, 1.807) is 7.11 Å².